The second kappa shape index (κ2) is 7.85. The first-order valence-electron chi connectivity index (χ1n) is 8.17. The van der Waals surface area contributed by atoms with Crippen molar-refractivity contribution in [3.8, 4) is 5.75 Å². The molecule has 1 aliphatic rings. The fourth-order valence-electron chi connectivity index (χ4n) is 2.70. The molecule has 0 N–H and O–H groups in total. The molecule has 0 aromatic heterocycles. The van der Waals surface area contributed by atoms with Crippen LogP contribution in [0.1, 0.15) is 20.8 Å². The van der Waals surface area contributed by atoms with Crippen LogP contribution in [0, 0.1) is 0 Å². The van der Waals surface area contributed by atoms with E-state index < -0.39 is 0 Å². The smallest absolute Gasteiger partial charge is 0.325 e. The Morgan fingerprint density at radius 1 is 1.13 bits per heavy atom. The number of carbonyl (C=O) groups excluding carboxylic acids is 2. The highest BCUT2D eigenvalue weighted by molar-refractivity contribution is 5.96. The van der Waals surface area contributed by atoms with Gasteiger partial charge >= 0.3 is 6.03 Å². The first-order chi connectivity index (χ1) is 11.1. The van der Waals surface area contributed by atoms with Gasteiger partial charge in [0.05, 0.1) is 6.61 Å². The number of amides is 3. The third kappa shape index (κ3) is 3.94. The molecule has 0 spiro atoms. The van der Waals surface area contributed by atoms with Crippen LogP contribution in [0.3, 0.4) is 0 Å². The molecule has 0 saturated carbocycles. The van der Waals surface area contributed by atoms with Crippen molar-refractivity contribution in [2.45, 2.75) is 20.8 Å². The summed E-state index contributed by atoms with van der Waals surface area (Å²) in [5.41, 5.74) is 0.830. The Kier molecular flexibility index (Phi) is 5.84. The van der Waals surface area contributed by atoms with Crippen molar-refractivity contribution < 1.29 is 14.3 Å². The number of benzene rings is 1. The van der Waals surface area contributed by atoms with Gasteiger partial charge in [0.25, 0.3) is 0 Å². The number of nitrogens with zero attached hydrogens (tertiary/aromatic N) is 3. The summed E-state index contributed by atoms with van der Waals surface area (Å²) in [6, 6.07) is 7.35. The van der Waals surface area contributed by atoms with E-state index in [-0.39, 0.29) is 18.5 Å². The molecule has 1 aliphatic heterocycles. The van der Waals surface area contributed by atoms with Gasteiger partial charge in [0.1, 0.15) is 12.3 Å². The van der Waals surface area contributed by atoms with Crippen LogP contribution in [-0.4, -0.2) is 61.1 Å². The number of rotatable bonds is 7. The van der Waals surface area contributed by atoms with Crippen LogP contribution in [0.5, 0.6) is 5.75 Å². The van der Waals surface area contributed by atoms with Crippen molar-refractivity contribution in [3.63, 3.8) is 0 Å². The standard InChI is InChI=1S/C17H25N3O3/c1-4-18(5-2)16(21)13-19-11-12-20(17(19)22)14-7-9-15(10-8-14)23-6-3/h7-10H,4-6,11-13H2,1-3H3. The maximum absolute atomic E-state index is 12.5. The molecule has 6 heteroatoms. The third-order valence-electron chi connectivity index (χ3n) is 4.00. The first kappa shape index (κ1) is 17.1. The second-order valence-electron chi connectivity index (χ2n) is 5.35. The van der Waals surface area contributed by atoms with Gasteiger partial charge in [-0.05, 0) is 45.0 Å². The lowest BCUT2D eigenvalue weighted by Crippen LogP contribution is -2.42. The molecule has 3 amide bonds. The van der Waals surface area contributed by atoms with Gasteiger partial charge in [-0.2, -0.15) is 0 Å². The van der Waals surface area contributed by atoms with E-state index in [1.807, 2.05) is 45.0 Å². The maximum Gasteiger partial charge on any atom is 0.325 e. The van der Waals surface area contributed by atoms with Gasteiger partial charge in [0.2, 0.25) is 5.91 Å². The van der Waals surface area contributed by atoms with Crippen LogP contribution >= 0.6 is 0 Å². The topological polar surface area (TPSA) is 53.1 Å². The van der Waals surface area contributed by atoms with Gasteiger partial charge in [0.15, 0.2) is 0 Å². The highest BCUT2D eigenvalue weighted by atomic mass is 16.5. The number of carbonyl (C=O) groups is 2. The zero-order valence-corrected chi connectivity index (χ0v) is 14.1. The van der Waals surface area contributed by atoms with Crippen LogP contribution in [0.25, 0.3) is 0 Å². The van der Waals surface area contributed by atoms with Crippen molar-refractivity contribution in [2.24, 2.45) is 0 Å². The fourth-order valence-corrected chi connectivity index (χ4v) is 2.70. The minimum Gasteiger partial charge on any atom is -0.494 e. The summed E-state index contributed by atoms with van der Waals surface area (Å²) in [6.45, 7) is 9.08. The van der Waals surface area contributed by atoms with Crippen LogP contribution in [0.2, 0.25) is 0 Å². The summed E-state index contributed by atoms with van der Waals surface area (Å²) >= 11 is 0. The van der Waals surface area contributed by atoms with E-state index in [0.717, 1.165) is 11.4 Å². The first-order valence-corrected chi connectivity index (χ1v) is 8.17. The number of hydrogen-bond donors (Lipinski definition) is 0. The van der Waals surface area contributed by atoms with Crippen molar-refractivity contribution >= 4 is 17.6 Å². The maximum atomic E-state index is 12.5. The molecule has 126 valence electrons. The lowest BCUT2D eigenvalue weighted by atomic mass is 10.3. The van der Waals surface area contributed by atoms with E-state index in [1.54, 1.807) is 14.7 Å². The van der Waals surface area contributed by atoms with Gasteiger partial charge in [-0.1, -0.05) is 0 Å². The average Bonchev–Trinajstić information content (AvgIpc) is 2.91. The molecule has 1 heterocycles. The van der Waals surface area contributed by atoms with Crippen molar-refractivity contribution in [2.75, 3.05) is 44.2 Å². The average molecular weight is 319 g/mol. The van der Waals surface area contributed by atoms with Crippen molar-refractivity contribution in [1.29, 1.82) is 0 Å². The predicted octanol–water partition coefficient (Wildman–Crippen LogP) is 2.20. The van der Waals surface area contributed by atoms with Gasteiger partial charge in [-0.25, -0.2) is 4.79 Å². The van der Waals surface area contributed by atoms with Crippen LogP contribution < -0.4 is 9.64 Å². The van der Waals surface area contributed by atoms with Crippen LogP contribution in [0.4, 0.5) is 10.5 Å². The quantitative estimate of drug-likeness (QED) is 0.774. The van der Waals surface area contributed by atoms with E-state index in [2.05, 4.69) is 0 Å². The minimum atomic E-state index is -0.116. The van der Waals surface area contributed by atoms with E-state index in [1.165, 1.54) is 0 Å². The van der Waals surface area contributed by atoms with E-state index >= 15 is 0 Å². The van der Waals surface area contributed by atoms with E-state index in [9.17, 15) is 9.59 Å². The Bertz CT molecular complexity index is 541. The number of urea groups is 1. The zero-order chi connectivity index (χ0) is 16.8. The van der Waals surface area contributed by atoms with Crippen LogP contribution in [-0.2, 0) is 4.79 Å². The normalized spacial score (nSPS) is 14.3. The fraction of sp³-hybridized carbons (Fsp3) is 0.529. The molecule has 1 aromatic carbocycles. The summed E-state index contributed by atoms with van der Waals surface area (Å²) in [4.78, 5) is 29.7. The molecule has 0 aliphatic carbocycles. The van der Waals surface area contributed by atoms with Gasteiger partial charge in [0, 0.05) is 31.9 Å². The molecule has 1 fully saturated rings. The second-order valence-corrected chi connectivity index (χ2v) is 5.35. The zero-order valence-electron chi connectivity index (χ0n) is 14.1. The summed E-state index contributed by atoms with van der Waals surface area (Å²) in [5.74, 6) is 0.786. The highest BCUT2D eigenvalue weighted by Gasteiger charge is 2.31. The van der Waals surface area contributed by atoms with E-state index in [4.69, 9.17) is 4.74 Å². The Morgan fingerprint density at radius 3 is 2.35 bits per heavy atom. The van der Waals surface area contributed by atoms with Gasteiger partial charge in [-0.3, -0.25) is 9.69 Å². The largest absolute Gasteiger partial charge is 0.494 e. The minimum absolute atomic E-state index is 0.00288. The monoisotopic (exact) mass is 319 g/mol. The molecule has 23 heavy (non-hydrogen) atoms. The molecular formula is C17H25N3O3. The Labute approximate surface area is 137 Å². The summed E-state index contributed by atoms with van der Waals surface area (Å²) in [7, 11) is 0. The Balaban J connectivity index is 1.99. The number of hydrogen-bond acceptors (Lipinski definition) is 3. The third-order valence-corrected chi connectivity index (χ3v) is 4.00. The number of ether oxygens (including phenoxy) is 1. The van der Waals surface area contributed by atoms with E-state index in [0.29, 0.717) is 32.8 Å². The van der Waals surface area contributed by atoms with Gasteiger partial charge < -0.3 is 14.5 Å². The molecule has 0 bridgehead atoms. The van der Waals surface area contributed by atoms with Crippen molar-refractivity contribution in [1.82, 2.24) is 9.80 Å². The van der Waals surface area contributed by atoms with Crippen LogP contribution in [0.15, 0.2) is 24.3 Å². The molecule has 0 unspecified atom stereocenters. The molecular weight excluding hydrogens is 294 g/mol. The SMILES string of the molecule is CCOc1ccc(N2CCN(CC(=O)N(CC)CC)C2=O)cc1. The lowest BCUT2D eigenvalue weighted by Gasteiger charge is -2.23. The number of likely N-dealkylation sites (N-methyl/N-ethyl adjacent to an activating group) is 1. The molecule has 6 nitrogen and oxygen atoms in total. The lowest BCUT2D eigenvalue weighted by molar-refractivity contribution is -0.131. The molecule has 0 atom stereocenters. The summed E-state index contributed by atoms with van der Waals surface area (Å²) in [5, 5.41) is 0. The molecule has 0 radical (unpaired) electrons. The Morgan fingerprint density at radius 2 is 1.78 bits per heavy atom. The molecule has 2 rings (SSSR count). The summed E-state index contributed by atoms with van der Waals surface area (Å²) < 4.78 is 5.41. The highest BCUT2D eigenvalue weighted by Crippen LogP contribution is 2.23. The summed E-state index contributed by atoms with van der Waals surface area (Å²) in [6.07, 6.45) is 0. The van der Waals surface area contributed by atoms with Crippen molar-refractivity contribution in [3.05, 3.63) is 24.3 Å². The molecule has 1 aromatic rings. The van der Waals surface area contributed by atoms with Gasteiger partial charge in [-0.15, -0.1) is 0 Å². The molecule has 1 saturated heterocycles. The number of anilines is 1. The predicted molar refractivity (Wildman–Crippen MR) is 89.9 cm³/mol. The Hall–Kier alpha value is -2.24.